The Bertz CT molecular complexity index is 816. The monoisotopic (exact) mass is 369 g/mol. The molecule has 1 amide bonds. The number of nitrogens with one attached hydrogen (secondary N) is 1. The van der Waals surface area contributed by atoms with Crippen molar-refractivity contribution in [3.63, 3.8) is 0 Å². The number of aromatic nitrogens is 1. The molecule has 0 unspecified atom stereocenters. The van der Waals surface area contributed by atoms with Crippen molar-refractivity contribution in [2.45, 2.75) is 17.7 Å². The average Bonchev–Trinajstić information content (AvgIpc) is 3.08. The Labute approximate surface area is 143 Å². The summed E-state index contributed by atoms with van der Waals surface area (Å²) in [6.07, 6.45) is 2.45. The number of halogens is 1. The SMILES string of the molecule is O=C(Nc1nccs1)C1CCN(S(=O)(=O)c2cccc(F)c2)CC1. The maximum absolute atomic E-state index is 13.3. The molecule has 0 atom stereocenters. The number of thiazole rings is 1. The first-order valence-corrected chi connectivity index (χ1v) is 9.75. The molecule has 9 heteroatoms. The third-order valence-corrected chi connectivity index (χ3v) is 6.50. The molecule has 24 heavy (non-hydrogen) atoms. The maximum atomic E-state index is 13.3. The van der Waals surface area contributed by atoms with Gasteiger partial charge in [-0.1, -0.05) is 6.07 Å². The van der Waals surface area contributed by atoms with Crippen molar-refractivity contribution in [3.05, 3.63) is 41.7 Å². The van der Waals surface area contributed by atoms with E-state index in [1.165, 1.54) is 33.8 Å². The number of carbonyl (C=O) groups excluding carboxylic acids is 1. The quantitative estimate of drug-likeness (QED) is 0.897. The smallest absolute Gasteiger partial charge is 0.243 e. The number of sulfonamides is 1. The van der Waals surface area contributed by atoms with Gasteiger partial charge in [-0.2, -0.15) is 4.31 Å². The molecule has 6 nitrogen and oxygen atoms in total. The van der Waals surface area contributed by atoms with Gasteiger partial charge in [-0.05, 0) is 31.0 Å². The van der Waals surface area contributed by atoms with Crippen LogP contribution in [0.1, 0.15) is 12.8 Å². The molecule has 1 saturated heterocycles. The Morgan fingerprint density at radius 2 is 2.08 bits per heavy atom. The van der Waals surface area contributed by atoms with Crippen LogP contribution >= 0.6 is 11.3 Å². The highest BCUT2D eigenvalue weighted by atomic mass is 32.2. The summed E-state index contributed by atoms with van der Waals surface area (Å²) in [6, 6.07) is 4.96. The summed E-state index contributed by atoms with van der Waals surface area (Å²) in [4.78, 5) is 16.1. The van der Waals surface area contributed by atoms with Gasteiger partial charge < -0.3 is 5.32 Å². The van der Waals surface area contributed by atoms with Crippen molar-refractivity contribution in [3.8, 4) is 0 Å². The van der Waals surface area contributed by atoms with E-state index in [9.17, 15) is 17.6 Å². The van der Waals surface area contributed by atoms with E-state index >= 15 is 0 Å². The van der Waals surface area contributed by atoms with Crippen molar-refractivity contribution >= 4 is 32.4 Å². The van der Waals surface area contributed by atoms with Crippen LogP contribution in [0.2, 0.25) is 0 Å². The second kappa shape index (κ2) is 6.96. The first kappa shape index (κ1) is 17.0. The van der Waals surface area contributed by atoms with Crippen LogP contribution in [-0.2, 0) is 14.8 Å². The zero-order valence-corrected chi connectivity index (χ0v) is 14.3. The van der Waals surface area contributed by atoms with Crippen molar-refractivity contribution in [1.29, 1.82) is 0 Å². The second-order valence-electron chi connectivity index (χ2n) is 5.46. The fourth-order valence-electron chi connectivity index (χ4n) is 2.63. The van der Waals surface area contributed by atoms with Gasteiger partial charge in [-0.15, -0.1) is 11.3 Å². The summed E-state index contributed by atoms with van der Waals surface area (Å²) in [5.41, 5.74) is 0. The third-order valence-electron chi connectivity index (χ3n) is 3.92. The van der Waals surface area contributed by atoms with Gasteiger partial charge in [0.1, 0.15) is 5.82 Å². The predicted octanol–water partition coefficient (Wildman–Crippen LogP) is 2.32. The Kier molecular flexibility index (Phi) is 4.93. The first-order chi connectivity index (χ1) is 11.5. The minimum absolute atomic E-state index is 0.0619. The molecule has 0 spiro atoms. The number of anilines is 1. The number of carbonyl (C=O) groups is 1. The van der Waals surface area contributed by atoms with Gasteiger partial charge in [0, 0.05) is 30.6 Å². The summed E-state index contributed by atoms with van der Waals surface area (Å²) < 4.78 is 39.6. The van der Waals surface area contributed by atoms with E-state index < -0.39 is 15.8 Å². The molecule has 0 aliphatic carbocycles. The molecule has 1 fully saturated rings. The molecule has 1 N–H and O–H groups in total. The van der Waals surface area contributed by atoms with Crippen LogP contribution in [0.25, 0.3) is 0 Å². The predicted molar refractivity (Wildman–Crippen MR) is 88.6 cm³/mol. The van der Waals surface area contributed by atoms with Gasteiger partial charge in [0.2, 0.25) is 15.9 Å². The molecule has 1 aliphatic heterocycles. The number of piperidine rings is 1. The van der Waals surface area contributed by atoms with Gasteiger partial charge >= 0.3 is 0 Å². The molecule has 3 rings (SSSR count). The van der Waals surface area contributed by atoms with Gasteiger partial charge in [0.05, 0.1) is 4.90 Å². The zero-order valence-electron chi connectivity index (χ0n) is 12.7. The molecule has 1 aliphatic rings. The van der Waals surface area contributed by atoms with Gasteiger partial charge in [-0.25, -0.2) is 17.8 Å². The van der Waals surface area contributed by atoms with Crippen LogP contribution in [0.5, 0.6) is 0 Å². The molecule has 0 saturated carbocycles. The van der Waals surface area contributed by atoms with Gasteiger partial charge in [0.15, 0.2) is 5.13 Å². The lowest BCUT2D eigenvalue weighted by Gasteiger charge is -2.30. The topological polar surface area (TPSA) is 79.4 Å². The number of amides is 1. The summed E-state index contributed by atoms with van der Waals surface area (Å²) >= 11 is 1.33. The van der Waals surface area contributed by atoms with Crippen LogP contribution in [0.15, 0.2) is 40.7 Å². The number of hydrogen-bond acceptors (Lipinski definition) is 5. The molecule has 1 aromatic heterocycles. The number of benzene rings is 1. The second-order valence-corrected chi connectivity index (χ2v) is 8.29. The molecule has 128 valence electrons. The highest BCUT2D eigenvalue weighted by Crippen LogP contribution is 2.25. The van der Waals surface area contributed by atoms with Crippen molar-refractivity contribution < 1.29 is 17.6 Å². The Hall–Kier alpha value is -1.84. The fourth-order valence-corrected chi connectivity index (χ4v) is 4.66. The van der Waals surface area contributed by atoms with E-state index in [2.05, 4.69) is 10.3 Å². The highest BCUT2D eigenvalue weighted by molar-refractivity contribution is 7.89. The van der Waals surface area contributed by atoms with E-state index in [4.69, 9.17) is 0 Å². The first-order valence-electron chi connectivity index (χ1n) is 7.43. The van der Waals surface area contributed by atoms with E-state index in [-0.39, 0.29) is 29.8 Å². The number of hydrogen-bond donors (Lipinski definition) is 1. The van der Waals surface area contributed by atoms with Crippen molar-refractivity contribution in [2.24, 2.45) is 5.92 Å². The summed E-state index contributed by atoms with van der Waals surface area (Å²) in [6.45, 7) is 0.462. The molecule has 0 bridgehead atoms. The van der Waals surface area contributed by atoms with Crippen molar-refractivity contribution in [1.82, 2.24) is 9.29 Å². The highest BCUT2D eigenvalue weighted by Gasteiger charge is 2.32. The lowest BCUT2D eigenvalue weighted by atomic mass is 9.97. The molecule has 1 aromatic carbocycles. The standard InChI is InChI=1S/C15H16FN3O3S2/c16-12-2-1-3-13(10-12)24(21,22)19-7-4-11(5-8-19)14(20)18-15-17-6-9-23-15/h1-3,6,9-11H,4-5,7-8H2,(H,17,18,20). The van der Waals surface area contributed by atoms with E-state index in [1.807, 2.05) is 0 Å². The Morgan fingerprint density at radius 1 is 1.33 bits per heavy atom. The van der Waals surface area contributed by atoms with E-state index in [0.29, 0.717) is 18.0 Å². The number of nitrogens with zero attached hydrogens (tertiary/aromatic N) is 2. The normalized spacial score (nSPS) is 16.9. The van der Waals surface area contributed by atoms with E-state index in [0.717, 1.165) is 6.07 Å². The van der Waals surface area contributed by atoms with Crippen LogP contribution in [0, 0.1) is 11.7 Å². The molecule has 0 radical (unpaired) electrons. The van der Waals surface area contributed by atoms with Crippen molar-refractivity contribution in [2.75, 3.05) is 18.4 Å². The van der Waals surface area contributed by atoms with Crippen LogP contribution in [-0.4, -0.2) is 36.7 Å². The Morgan fingerprint density at radius 3 is 2.71 bits per heavy atom. The van der Waals surface area contributed by atoms with Crippen LogP contribution < -0.4 is 5.32 Å². The summed E-state index contributed by atoms with van der Waals surface area (Å²) in [5.74, 6) is -0.991. The van der Waals surface area contributed by atoms with E-state index in [1.54, 1.807) is 11.6 Å². The van der Waals surface area contributed by atoms with Crippen LogP contribution in [0.4, 0.5) is 9.52 Å². The largest absolute Gasteiger partial charge is 0.302 e. The molecular formula is C15H16FN3O3S2. The number of rotatable bonds is 4. The minimum Gasteiger partial charge on any atom is -0.302 e. The lowest BCUT2D eigenvalue weighted by Crippen LogP contribution is -2.41. The fraction of sp³-hybridized carbons (Fsp3) is 0.333. The maximum Gasteiger partial charge on any atom is 0.243 e. The Balaban J connectivity index is 1.63. The van der Waals surface area contributed by atoms with Crippen LogP contribution in [0.3, 0.4) is 0 Å². The lowest BCUT2D eigenvalue weighted by molar-refractivity contribution is -0.120. The molecule has 2 heterocycles. The minimum atomic E-state index is -3.73. The summed E-state index contributed by atoms with van der Waals surface area (Å²) in [5, 5.41) is 5.04. The molecular weight excluding hydrogens is 353 g/mol. The molecule has 2 aromatic rings. The van der Waals surface area contributed by atoms with Gasteiger partial charge in [-0.3, -0.25) is 4.79 Å². The third kappa shape index (κ3) is 3.63. The summed E-state index contributed by atoms with van der Waals surface area (Å²) in [7, 11) is -3.73. The zero-order chi connectivity index (χ0) is 17.2. The van der Waals surface area contributed by atoms with Gasteiger partial charge in [0.25, 0.3) is 0 Å². The average molecular weight is 369 g/mol.